The van der Waals surface area contributed by atoms with Gasteiger partial charge in [0, 0.05) is 34.3 Å². The van der Waals surface area contributed by atoms with Crippen LogP contribution in [-0.4, -0.2) is 52.3 Å². The normalized spacial score (nSPS) is 16.4. The molecule has 38 heavy (non-hydrogen) atoms. The van der Waals surface area contributed by atoms with Gasteiger partial charge in [-0.15, -0.1) is 0 Å². The first-order valence-electron chi connectivity index (χ1n) is 13.0. The zero-order chi connectivity index (χ0) is 27.2. The molecule has 0 bridgehead atoms. The van der Waals surface area contributed by atoms with E-state index in [0.717, 1.165) is 36.8 Å². The quantitative estimate of drug-likeness (QED) is 0.502. The highest BCUT2D eigenvalue weighted by atomic mass is 32.2. The Morgan fingerprint density at radius 2 is 1.76 bits per heavy atom. The average Bonchev–Trinajstić information content (AvgIpc) is 3.35. The zero-order valence-corrected chi connectivity index (χ0v) is 22.9. The number of fused-ring (bicyclic) bond motifs is 1. The third kappa shape index (κ3) is 6.72. The Hall–Kier alpha value is -3.40. The summed E-state index contributed by atoms with van der Waals surface area (Å²) in [5.41, 5.74) is 2.92. The number of hydrogen-bond acceptors (Lipinski definition) is 6. The van der Waals surface area contributed by atoms with Crippen molar-refractivity contribution in [2.45, 2.75) is 65.0 Å². The summed E-state index contributed by atoms with van der Waals surface area (Å²) in [7, 11) is -1.79. The Kier molecular flexibility index (Phi) is 9.04. The Morgan fingerprint density at radius 3 is 2.53 bits per heavy atom. The van der Waals surface area contributed by atoms with Gasteiger partial charge in [0.05, 0.1) is 0 Å². The van der Waals surface area contributed by atoms with Crippen LogP contribution < -0.4 is 25.0 Å². The van der Waals surface area contributed by atoms with Gasteiger partial charge in [0.15, 0.2) is 11.5 Å². The lowest BCUT2D eigenvalue weighted by Gasteiger charge is -2.32. The fraction of sp³-hybridized carbons (Fsp3) is 0.464. The van der Waals surface area contributed by atoms with Crippen LogP contribution in [0.2, 0.25) is 0 Å². The average molecular weight is 542 g/mol. The molecule has 0 aromatic heterocycles. The minimum absolute atomic E-state index is 0.100. The van der Waals surface area contributed by atoms with Gasteiger partial charge in [-0.2, -0.15) is 0 Å². The van der Waals surface area contributed by atoms with E-state index in [9.17, 15) is 18.6 Å². The topological polar surface area (TPSA) is 114 Å². The van der Waals surface area contributed by atoms with E-state index >= 15 is 0 Å². The van der Waals surface area contributed by atoms with Crippen molar-refractivity contribution in [3.63, 3.8) is 0 Å². The number of aryl methyl sites for hydroxylation is 1. The SMILES string of the molecule is Cc1cccc(N(C(=O)C[S@](=O)CC(=O)Nc2ccc3c(c2)OCO3)[C@H](C)C(=O)NC2CCCCC2)c1C. The summed E-state index contributed by atoms with van der Waals surface area (Å²) < 4.78 is 23.5. The molecule has 2 aliphatic rings. The van der Waals surface area contributed by atoms with Gasteiger partial charge >= 0.3 is 0 Å². The molecule has 4 rings (SSSR count). The van der Waals surface area contributed by atoms with Crippen molar-refractivity contribution >= 4 is 39.9 Å². The van der Waals surface area contributed by atoms with Crippen LogP contribution in [0.4, 0.5) is 11.4 Å². The molecule has 0 saturated heterocycles. The third-order valence-electron chi connectivity index (χ3n) is 7.06. The second-order valence-corrected chi connectivity index (χ2v) is 11.3. The lowest BCUT2D eigenvalue weighted by Crippen LogP contribution is -2.52. The van der Waals surface area contributed by atoms with Gasteiger partial charge in [-0.05, 0) is 62.9 Å². The minimum Gasteiger partial charge on any atom is -0.454 e. The predicted octanol–water partition coefficient (Wildman–Crippen LogP) is 3.59. The lowest BCUT2D eigenvalue weighted by molar-refractivity contribution is -0.126. The second-order valence-electron chi connectivity index (χ2n) is 9.85. The summed E-state index contributed by atoms with van der Waals surface area (Å²) in [5, 5.41) is 5.78. The monoisotopic (exact) mass is 541 g/mol. The van der Waals surface area contributed by atoms with Crippen molar-refractivity contribution in [1.82, 2.24) is 5.32 Å². The summed E-state index contributed by atoms with van der Waals surface area (Å²) in [6.07, 6.45) is 5.18. The molecule has 10 heteroatoms. The van der Waals surface area contributed by atoms with Gasteiger partial charge in [0.25, 0.3) is 0 Å². The van der Waals surface area contributed by atoms with Crippen molar-refractivity contribution in [3.05, 3.63) is 47.5 Å². The highest BCUT2D eigenvalue weighted by Crippen LogP contribution is 2.34. The van der Waals surface area contributed by atoms with Crippen molar-refractivity contribution in [2.24, 2.45) is 0 Å². The molecule has 1 saturated carbocycles. The maximum Gasteiger partial charge on any atom is 0.243 e. The molecule has 0 unspecified atom stereocenters. The molecule has 1 fully saturated rings. The van der Waals surface area contributed by atoms with E-state index in [1.807, 2.05) is 26.0 Å². The van der Waals surface area contributed by atoms with Gasteiger partial charge in [0.1, 0.15) is 17.5 Å². The van der Waals surface area contributed by atoms with Crippen LogP contribution in [0, 0.1) is 13.8 Å². The van der Waals surface area contributed by atoms with Crippen LogP contribution >= 0.6 is 0 Å². The molecule has 204 valence electrons. The summed E-state index contributed by atoms with van der Waals surface area (Å²) in [5.74, 6) is -0.839. The number of carbonyl (C=O) groups is 3. The Labute approximate surface area is 225 Å². The van der Waals surface area contributed by atoms with Gasteiger partial charge in [-0.25, -0.2) is 0 Å². The summed E-state index contributed by atoms with van der Waals surface area (Å²) in [4.78, 5) is 40.7. The fourth-order valence-corrected chi connectivity index (χ4v) is 5.70. The van der Waals surface area contributed by atoms with E-state index in [1.165, 1.54) is 11.3 Å². The number of rotatable bonds is 9. The van der Waals surface area contributed by atoms with Crippen molar-refractivity contribution in [2.75, 3.05) is 28.5 Å². The van der Waals surface area contributed by atoms with E-state index in [-0.39, 0.29) is 30.2 Å². The standard InChI is InChI=1S/C28H35N3O6S/c1-18-8-7-11-23(19(18)2)31(20(3)28(34)30-21-9-5-4-6-10-21)27(33)16-38(35)15-26(32)29-22-12-13-24-25(14-22)37-17-36-24/h7-8,11-14,20-21H,4-6,9-10,15-17H2,1-3H3,(H,29,32)(H,30,34)/t20-,38-/m1/s1. The molecule has 9 nitrogen and oxygen atoms in total. The number of benzene rings is 2. The first-order valence-corrected chi connectivity index (χ1v) is 14.4. The minimum atomic E-state index is -1.79. The maximum atomic E-state index is 13.5. The van der Waals surface area contributed by atoms with Crippen molar-refractivity contribution in [1.29, 1.82) is 0 Å². The number of hydrogen-bond donors (Lipinski definition) is 2. The zero-order valence-electron chi connectivity index (χ0n) is 22.1. The fourth-order valence-electron chi connectivity index (χ4n) is 4.82. The summed E-state index contributed by atoms with van der Waals surface area (Å²) in [6.45, 7) is 5.64. The lowest BCUT2D eigenvalue weighted by atomic mass is 9.95. The molecule has 0 spiro atoms. The second kappa shape index (κ2) is 12.4. The Balaban J connectivity index is 1.43. The van der Waals surface area contributed by atoms with E-state index in [1.54, 1.807) is 31.2 Å². The molecule has 2 N–H and O–H groups in total. The molecular formula is C28H35N3O6S. The first kappa shape index (κ1) is 27.6. The molecule has 1 aliphatic carbocycles. The Bertz CT molecular complexity index is 1230. The molecule has 2 aromatic rings. The van der Waals surface area contributed by atoms with E-state index in [2.05, 4.69) is 10.6 Å². The smallest absolute Gasteiger partial charge is 0.243 e. The van der Waals surface area contributed by atoms with Gasteiger partial charge in [-0.3, -0.25) is 23.5 Å². The third-order valence-corrected chi connectivity index (χ3v) is 8.21. The molecule has 1 aliphatic heterocycles. The number of nitrogens with one attached hydrogen (secondary N) is 2. The largest absolute Gasteiger partial charge is 0.454 e. The van der Waals surface area contributed by atoms with E-state index in [4.69, 9.17) is 9.47 Å². The molecular weight excluding hydrogens is 506 g/mol. The van der Waals surface area contributed by atoms with Crippen LogP contribution in [-0.2, 0) is 25.2 Å². The van der Waals surface area contributed by atoms with Crippen molar-refractivity contribution in [3.8, 4) is 11.5 Å². The van der Waals surface area contributed by atoms with Crippen LogP contribution in [0.1, 0.15) is 50.2 Å². The Morgan fingerprint density at radius 1 is 1.03 bits per heavy atom. The van der Waals surface area contributed by atoms with E-state index in [0.29, 0.717) is 22.9 Å². The van der Waals surface area contributed by atoms with Crippen LogP contribution in [0.5, 0.6) is 11.5 Å². The van der Waals surface area contributed by atoms with Crippen LogP contribution in [0.3, 0.4) is 0 Å². The number of nitrogens with zero attached hydrogens (tertiary/aromatic N) is 1. The molecule has 0 radical (unpaired) electrons. The van der Waals surface area contributed by atoms with Gasteiger partial charge < -0.3 is 20.1 Å². The van der Waals surface area contributed by atoms with Gasteiger partial charge in [0.2, 0.25) is 24.5 Å². The highest BCUT2D eigenvalue weighted by molar-refractivity contribution is 7.86. The molecule has 2 atom stereocenters. The van der Waals surface area contributed by atoms with Gasteiger partial charge in [-0.1, -0.05) is 31.4 Å². The number of amides is 3. The summed E-state index contributed by atoms with van der Waals surface area (Å²) >= 11 is 0. The highest BCUT2D eigenvalue weighted by Gasteiger charge is 2.31. The number of ether oxygens (including phenoxy) is 2. The van der Waals surface area contributed by atoms with Crippen LogP contribution in [0.15, 0.2) is 36.4 Å². The van der Waals surface area contributed by atoms with E-state index < -0.39 is 28.7 Å². The maximum absolute atomic E-state index is 13.5. The summed E-state index contributed by atoms with van der Waals surface area (Å²) in [6, 6.07) is 9.83. The molecule has 3 amide bonds. The first-order chi connectivity index (χ1) is 18.2. The van der Waals surface area contributed by atoms with Crippen molar-refractivity contribution < 1.29 is 28.1 Å². The number of anilines is 2. The number of carbonyl (C=O) groups excluding carboxylic acids is 3. The molecule has 1 heterocycles. The molecule has 2 aromatic carbocycles. The predicted molar refractivity (Wildman–Crippen MR) is 147 cm³/mol. The van der Waals surface area contributed by atoms with Crippen LogP contribution in [0.25, 0.3) is 0 Å².